The van der Waals surface area contributed by atoms with Gasteiger partial charge in [0.2, 0.25) is 5.91 Å². The number of imide groups is 1. The smallest absolute Gasteiger partial charge is 0.417 e. The molecular weight excluding hydrogens is 352 g/mol. The van der Waals surface area contributed by atoms with Gasteiger partial charge in [0.05, 0.1) is 5.92 Å². The van der Waals surface area contributed by atoms with Crippen LogP contribution in [0.25, 0.3) is 0 Å². The van der Waals surface area contributed by atoms with Crippen LogP contribution in [0.4, 0.5) is 4.79 Å². The fourth-order valence-electron chi connectivity index (χ4n) is 4.39. The van der Waals surface area contributed by atoms with Crippen molar-refractivity contribution >= 4 is 12.0 Å². The molecule has 0 N–H and O–H groups in total. The van der Waals surface area contributed by atoms with E-state index in [-0.39, 0.29) is 30.4 Å². The van der Waals surface area contributed by atoms with Crippen molar-refractivity contribution in [1.29, 1.82) is 0 Å². The van der Waals surface area contributed by atoms with Gasteiger partial charge in [-0.2, -0.15) is 0 Å². The topological polar surface area (TPSA) is 49.9 Å². The third-order valence-corrected chi connectivity index (χ3v) is 5.90. The van der Waals surface area contributed by atoms with Crippen molar-refractivity contribution in [1.82, 2.24) is 9.80 Å². The maximum atomic E-state index is 13.4. The van der Waals surface area contributed by atoms with Crippen molar-refractivity contribution < 1.29 is 14.3 Å². The summed E-state index contributed by atoms with van der Waals surface area (Å²) in [7, 11) is 0. The predicted octanol–water partition coefficient (Wildman–Crippen LogP) is 3.86. The van der Waals surface area contributed by atoms with Crippen LogP contribution in [0.15, 0.2) is 60.7 Å². The Morgan fingerprint density at radius 1 is 1.04 bits per heavy atom. The molecule has 2 aliphatic heterocycles. The Balaban J connectivity index is 1.51. The number of amides is 2. The van der Waals surface area contributed by atoms with Crippen molar-refractivity contribution in [2.75, 3.05) is 19.7 Å². The Labute approximate surface area is 165 Å². The molecule has 0 radical (unpaired) electrons. The van der Waals surface area contributed by atoms with Crippen LogP contribution in [-0.2, 0) is 16.1 Å². The lowest BCUT2D eigenvalue weighted by Gasteiger charge is -2.25. The minimum Gasteiger partial charge on any atom is -0.446 e. The Kier molecular flexibility index (Phi) is 5.44. The number of cyclic esters (lactones) is 1. The molecule has 2 heterocycles. The average Bonchev–Trinajstić information content (AvgIpc) is 3.32. The van der Waals surface area contributed by atoms with Crippen molar-refractivity contribution in [2.45, 2.75) is 25.9 Å². The van der Waals surface area contributed by atoms with Crippen LogP contribution >= 0.6 is 0 Å². The average molecular weight is 378 g/mol. The van der Waals surface area contributed by atoms with Crippen LogP contribution < -0.4 is 0 Å². The molecule has 0 bridgehead atoms. The SMILES string of the molecule is CC[C@@H]1CN(Cc2ccccc2)C[C@@H]1C(=O)N1C(=O)OC[C@@H]1c1ccccc1. The fraction of sp³-hybridized carbons (Fsp3) is 0.391. The first-order chi connectivity index (χ1) is 13.7. The highest BCUT2D eigenvalue weighted by molar-refractivity contribution is 5.95. The predicted molar refractivity (Wildman–Crippen MR) is 106 cm³/mol. The van der Waals surface area contributed by atoms with E-state index in [4.69, 9.17) is 4.74 Å². The standard InChI is InChI=1S/C23H26N2O3/c1-2-18-14-24(13-17-9-5-3-6-10-17)15-20(18)22(26)25-21(16-28-23(25)27)19-11-7-4-8-12-19/h3-12,18,20-21H,2,13-16H2,1H3/t18-,20+,21-/m1/s1. The van der Waals surface area contributed by atoms with Crippen molar-refractivity contribution in [3.8, 4) is 0 Å². The van der Waals surface area contributed by atoms with Crippen LogP contribution in [0.2, 0.25) is 0 Å². The number of hydrogen-bond acceptors (Lipinski definition) is 4. The first-order valence-electron chi connectivity index (χ1n) is 9.98. The van der Waals surface area contributed by atoms with E-state index < -0.39 is 6.09 Å². The summed E-state index contributed by atoms with van der Waals surface area (Å²) in [6.07, 6.45) is 0.399. The lowest BCUT2D eigenvalue weighted by atomic mass is 9.91. The largest absolute Gasteiger partial charge is 0.446 e. The Morgan fingerprint density at radius 2 is 1.71 bits per heavy atom. The normalized spacial score (nSPS) is 25.1. The van der Waals surface area contributed by atoms with E-state index in [0.717, 1.165) is 25.1 Å². The summed E-state index contributed by atoms with van der Waals surface area (Å²) in [5, 5.41) is 0. The molecule has 0 spiro atoms. The summed E-state index contributed by atoms with van der Waals surface area (Å²) < 4.78 is 5.26. The molecule has 5 heteroatoms. The summed E-state index contributed by atoms with van der Waals surface area (Å²) >= 11 is 0. The van der Waals surface area contributed by atoms with Crippen LogP contribution in [0, 0.1) is 11.8 Å². The van der Waals surface area contributed by atoms with E-state index in [1.54, 1.807) is 0 Å². The van der Waals surface area contributed by atoms with Crippen LogP contribution in [0.5, 0.6) is 0 Å². The minimum atomic E-state index is -0.518. The Bertz CT molecular complexity index is 824. The molecule has 2 aromatic carbocycles. The van der Waals surface area contributed by atoms with E-state index >= 15 is 0 Å². The van der Waals surface area contributed by atoms with Crippen LogP contribution in [0.3, 0.4) is 0 Å². The molecule has 3 atom stereocenters. The first-order valence-corrected chi connectivity index (χ1v) is 9.98. The summed E-state index contributed by atoms with van der Waals surface area (Å²) in [6, 6.07) is 19.6. The number of rotatable bonds is 5. The number of ether oxygens (including phenoxy) is 1. The summed E-state index contributed by atoms with van der Waals surface area (Å²) in [6.45, 7) is 4.73. The third kappa shape index (κ3) is 3.67. The molecule has 2 saturated heterocycles. The van der Waals surface area contributed by atoms with Gasteiger partial charge in [0, 0.05) is 19.6 Å². The van der Waals surface area contributed by atoms with Gasteiger partial charge in [-0.15, -0.1) is 0 Å². The van der Waals surface area contributed by atoms with Gasteiger partial charge in [-0.05, 0) is 17.0 Å². The molecule has 28 heavy (non-hydrogen) atoms. The lowest BCUT2D eigenvalue weighted by molar-refractivity contribution is -0.134. The molecule has 0 saturated carbocycles. The second-order valence-corrected chi connectivity index (χ2v) is 7.67. The number of carbonyl (C=O) groups is 2. The molecule has 2 aromatic rings. The number of hydrogen-bond donors (Lipinski definition) is 0. The Morgan fingerprint density at radius 3 is 2.39 bits per heavy atom. The van der Waals surface area contributed by atoms with Crippen LogP contribution in [-0.4, -0.2) is 41.5 Å². The highest BCUT2D eigenvalue weighted by Gasteiger charge is 2.46. The highest BCUT2D eigenvalue weighted by Crippen LogP contribution is 2.34. The lowest BCUT2D eigenvalue weighted by Crippen LogP contribution is -2.41. The minimum absolute atomic E-state index is 0.0984. The number of nitrogens with zero attached hydrogens (tertiary/aromatic N) is 2. The van der Waals surface area contributed by atoms with E-state index in [9.17, 15) is 9.59 Å². The second kappa shape index (κ2) is 8.15. The molecule has 2 aliphatic rings. The molecule has 2 amide bonds. The van der Waals surface area contributed by atoms with E-state index in [1.165, 1.54) is 10.5 Å². The van der Waals surface area contributed by atoms with Gasteiger partial charge in [-0.25, -0.2) is 9.69 Å². The van der Waals surface area contributed by atoms with Crippen LogP contribution in [0.1, 0.15) is 30.5 Å². The molecule has 146 valence electrons. The molecule has 2 fully saturated rings. The molecule has 0 aliphatic carbocycles. The summed E-state index contributed by atoms with van der Waals surface area (Å²) in [5.41, 5.74) is 2.18. The monoisotopic (exact) mass is 378 g/mol. The van der Waals surface area contributed by atoms with E-state index in [0.29, 0.717) is 6.54 Å². The molecule has 0 unspecified atom stereocenters. The van der Waals surface area contributed by atoms with E-state index in [2.05, 4.69) is 24.0 Å². The van der Waals surface area contributed by atoms with Gasteiger partial charge in [0.15, 0.2) is 0 Å². The van der Waals surface area contributed by atoms with Crippen molar-refractivity contribution in [3.63, 3.8) is 0 Å². The van der Waals surface area contributed by atoms with Gasteiger partial charge in [-0.1, -0.05) is 74.0 Å². The quantitative estimate of drug-likeness (QED) is 0.793. The van der Waals surface area contributed by atoms with Gasteiger partial charge >= 0.3 is 6.09 Å². The van der Waals surface area contributed by atoms with E-state index in [1.807, 2.05) is 48.5 Å². The zero-order chi connectivity index (χ0) is 19.5. The molecule has 5 nitrogen and oxygen atoms in total. The van der Waals surface area contributed by atoms with Gasteiger partial charge in [-0.3, -0.25) is 9.69 Å². The zero-order valence-electron chi connectivity index (χ0n) is 16.2. The number of carbonyl (C=O) groups excluding carboxylic acids is 2. The number of likely N-dealkylation sites (tertiary alicyclic amines) is 1. The summed E-state index contributed by atoms with van der Waals surface area (Å²) in [4.78, 5) is 29.5. The zero-order valence-corrected chi connectivity index (χ0v) is 16.2. The molecular formula is C23H26N2O3. The number of benzene rings is 2. The first kappa shape index (κ1) is 18.7. The van der Waals surface area contributed by atoms with Gasteiger partial charge in [0.25, 0.3) is 0 Å². The maximum absolute atomic E-state index is 13.4. The summed E-state index contributed by atoms with van der Waals surface area (Å²) in [5.74, 6) is -0.0228. The molecule has 4 rings (SSSR count). The maximum Gasteiger partial charge on any atom is 0.417 e. The van der Waals surface area contributed by atoms with Gasteiger partial charge in [0.1, 0.15) is 12.6 Å². The second-order valence-electron chi connectivity index (χ2n) is 7.67. The Hall–Kier alpha value is -2.66. The molecule has 0 aromatic heterocycles. The van der Waals surface area contributed by atoms with Crippen molar-refractivity contribution in [2.24, 2.45) is 11.8 Å². The third-order valence-electron chi connectivity index (χ3n) is 5.90. The highest BCUT2D eigenvalue weighted by atomic mass is 16.6. The van der Waals surface area contributed by atoms with Gasteiger partial charge < -0.3 is 4.74 Å². The van der Waals surface area contributed by atoms with Crippen molar-refractivity contribution in [3.05, 3.63) is 71.8 Å². The fourth-order valence-corrected chi connectivity index (χ4v) is 4.39.